The van der Waals surface area contributed by atoms with E-state index in [1.807, 2.05) is 18.2 Å². The molecule has 1 rings (SSSR count). The number of carboxylic acid groups (broad SMARTS) is 1. The Morgan fingerprint density at radius 1 is 1.46 bits per heavy atom. The summed E-state index contributed by atoms with van der Waals surface area (Å²) in [6.07, 6.45) is 0. The Morgan fingerprint density at radius 3 is 2.46 bits per heavy atom. The summed E-state index contributed by atoms with van der Waals surface area (Å²) in [4.78, 5) is 10.6. The number of carbonyl (C=O) groups is 1. The molecule has 1 atom stereocenters. The smallest absolute Gasteiger partial charge is 0.327 e. The molecule has 1 aromatic rings. The second-order valence-corrected chi connectivity index (χ2v) is 2.76. The molecule has 4 heteroatoms. The molecule has 0 saturated heterocycles. The average molecular weight is 180 g/mol. The van der Waals surface area contributed by atoms with E-state index in [1.165, 1.54) is 11.9 Å². The van der Waals surface area contributed by atoms with Crippen LogP contribution in [0.25, 0.3) is 0 Å². The minimum atomic E-state index is -0.939. The summed E-state index contributed by atoms with van der Waals surface area (Å²) in [6.45, 7) is 1.54. The van der Waals surface area contributed by atoms with Crippen LogP contribution in [-0.4, -0.2) is 17.1 Å². The zero-order valence-electron chi connectivity index (χ0n) is 7.34. The van der Waals surface area contributed by atoms with E-state index in [0.717, 1.165) is 0 Å². The first-order valence-electron chi connectivity index (χ1n) is 3.94. The van der Waals surface area contributed by atoms with Crippen molar-refractivity contribution in [3.8, 4) is 0 Å². The molecule has 0 aliphatic rings. The standard InChI is InChI=1S/C9H12N2O2/c1-7(9(12)13)11(10)8-5-3-2-4-6-8/h2-7H,10H2,1H3,(H,12,13). The number of nitrogens with two attached hydrogens (primary N) is 1. The van der Waals surface area contributed by atoms with Gasteiger partial charge in [-0.25, -0.2) is 10.6 Å². The van der Waals surface area contributed by atoms with Gasteiger partial charge in [-0.2, -0.15) is 0 Å². The Bertz CT molecular complexity index is 287. The van der Waals surface area contributed by atoms with Crippen LogP contribution in [0.1, 0.15) is 6.92 Å². The predicted molar refractivity (Wildman–Crippen MR) is 50.2 cm³/mol. The topological polar surface area (TPSA) is 66.6 Å². The minimum Gasteiger partial charge on any atom is -0.480 e. The maximum atomic E-state index is 10.6. The van der Waals surface area contributed by atoms with Crippen LogP contribution in [0.3, 0.4) is 0 Å². The molecule has 0 aliphatic carbocycles. The second kappa shape index (κ2) is 3.91. The molecule has 0 spiro atoms. The number of carboxylic acids is 1. The van der Waals surface area contributed by atoms with Crippen molar-refractivity contribution >= 4 is 11.7 Å². The van der Waals surface area contributed by atoms with Crippen molar-refractivity contribution in [1.29, 1.82) is 0 Å². The highest BCUT2D eigenvalue weighted by Gasteiger charge is 2.17. The van der Waals surface area contributed by atoms with Gasteiger partial charge < -0.3 is 5.11 Å². The average Bonchev–Trinajstić information content (AvgIpc) is 2.17. The van der Waals surface area contributed by atoms with Gasteiger partial charge in [-0.15, -0.1) is 0 Å². The van der Waals surface area contributed by atoms with E-state index < -0.39 is 12.0 Å². The molecule has 1 unspecified atom stereocenters. The van der Waals surface area contributed by atoms with Crippen LogP contribution in [0, 0.1) is 0 Å². The lowest BCUT2D eigenvalue weighted by Crippen LogP contribution is -2.44. The molecule has 1 aromatic carbocycles. The molecular formula is C9H12N2O2. The lowest BCUT2D eigenvalue weighted by atomic mass is 10.2. The number of hydrogen-bond acceptors (Lipinski definition) is 3. The molecule has 0 amide bonds. The highest BCUT2D eigenvalue weighted by Crippen LogP contribution is 2.11. The van der Waals surface area contributed by atoms with Gasteiger partial charge >= 0.3 is 5.97 Å². The third-order valence-electron chi connectivity index (χ3n) is 1.83. The summed E-state index contributed by atoms with van der Waals surface area (Å²) in [5.41, 5.74) is 0.692. The second-order valence-electron chi connectivity index (χ2n) is 2.76. The lowest BCUT2D eigenvalue weighted by molar-refractivity contribution is -0.138. The van der Waals surface area contributed by atoms with Gasteiger partial charge in [-0.3, -0.25) is 5.01 Å². The van der Waals surface area contributed by atoms with Crippen LogP contribution in [0.15, 0.2) is 30.3 Å². The first kappa shape index (κ1) is 9.54. The third kappa shape index (κ3) is 2.19. The van der Waals surface area contributed by atoms with E-state index in [9.17, 15) is 4.79 Å². The van der Waals surface area contributed by atoms with Crippen LogP contribution in [0.2, 0.25) is 0 Å². The predicted octanol–water partition coefficient (Wildman–Crippen LogP) is 0.840. The molecule has 4 nitrogen and oxygen atoms in total. The fourth-order valence-electron chi connectivity index (χ4n) is 0.943. The molecule has 0 saturated carbocycles. The summed E-state index contributed by atoms with van der Waals surface area (Å²) in [7, 11) is 0. The van der Waals surface area contributed by atoms with Gasteiger partial charge in [0.1, 0.15) is 6.04 Å². The van der Waals surface area contributed by atoms with Crippen molar-refractivity contribution < 1.29 is 9.90 Å². The van der Waals surface area contributed by atoms with Gasteiger partial charge in [-0.05, 0) is 19.1 Å². The van der Waals surface area contributed by atoms with Crippen molar-refractivity contribution in [1.82, 2.24) is 0 Å². The minimum absolute atomic E-state index is 0.692. The summed E-state index contributed by atoms with van der Waals surface area (Å²) < 4.78 is 0. The van der Waals surface area contributed by atoms with Crippen molar-refractivity contribution in [2.75, 3.05) is 5.01 Å². The van der Waals surface area contributed by atoms with Crippen molar-refractivity contribution in [3.05, 3.63) is 30.3 Å². The maximum absolute atomic E-state index is 10.6. The van der Waals surface area contributed by atoms with E-state index >= 15 is 0 Å². The van der Waals surface area contributed by atoms with Crippen LogP contribution in [0.5, 0.6) is 0 Å². The van der Waals surface area contributed by atoms with Crippen molar-refractivity contribution in [2.45, 2.75) is 13.0 Å². The molecule has 0 heterocycles. The van der Waals surface area contributed by atoms with Crippen molar-refractivity contribution in [3.63, 3.8) is 0 Å². The monoisotopic (exact) mass is 180 g/mol. The molecule has 70 valence electrons. The first-order chi connectivity index (χ1) is 6.13. The number of nitrogens with zero attached hydrogens (tertiary/aromatic N) is 1. The van der Waals surface area contributed by atoms with Crippen LogP contribution < -0.4 is 10.9 Å². The van der Waals surface area contributed by atoms with Gasteiger partial charge in [0.05, 0.1) is 5.69 Å². The number of benzene rings is 1. The first-order valence-corrected chi connectivity index (χ1v) is 3.94. The normalized spacial score (nSPS) is 12.2. The fraction of sp³-hybridized carbons (Fsp3) is 0.222. The lowest BCUT2D eigenvalue weighted by Gasteiger charge is -2.22. The van der Waals surface area contributed by atoms with Gasteiger partial charge in [-0.1, -0.05) is 18.2 Å². The molecule has 0 radical (unpaired) electrons. The molecule has 3 N–H and O–H groups in total. The number of anilines is 1. The van der Waals surface area contributed by atoms with Crippen LogP contribution >= 0.6 is 0 Å². The Morgan fingerprint density at radius 2 is 2.00 bits per heavy atom. The number of hydrogen-bond donors (Lipinski definition) is 2. The Hall–Kier alpha value is -1.55. The SMILES string of the molecule is CC(C(=O)O)N(N)c1ccccc1. The van der Waals surface area contributed by atoms with Gasteiger partial charge in [0.15, 0.2) is 0 Å². The van der Waals surface area contributed by atoms with Crippen LogP contribution in [0.4, 0.5) is 5.69 Å². The summed E-state index contributed by atoms with van der Waals surface area (Å²) in [5.74, 6) is 4.65. The number of rotatable bonds is 3. The van der Waals surface area contributed by atoms with E-state index in [1.54, 1.807) is 12.1 Å². The molecule has 0 aliphatic heterocycles. The van der Waals surface area contributed by atoms with Gasteiger partial charge in [0.2, 0.25) is 0 Å². The zero-order valence-corrected chi connectivity index (χ0v) is 7.34. The fourth-order valence-corrected chi connectivity index (χ4v) is 0.943. The van der Waals surface area contributed by atoms with Crippen molar-refractivity contribution in [2.24, 2.45) is 5.84 Å². The van der Waals surface area contributed by atoms with E-state index in [-0.39, 0.29) is 0 Å². The number of hydrazine groups is 1. The summed E-state index contributed by atoms with van der Waals surface area (Å²) in [5, 5.41) is 9.92. The highest BCUT2D eigenvalue weighted by atomic mass is 16.4. The Labute approximate surface area is 76.6 Å². The molecular weight excluding hydrogens is 168 g/mol. The van der Waals surface area contributed by atoms with Gasteiger partial charge in [0.25, 0.3) is 0 Å². The van der Waals surface area contributed by atoms with Gasteiger partial charge in [0, 0.05) is 0 Å². The highest BCUT2D eigenvalue weighted by molar-refractivity contribution is 5.77. The number of aliphatic carboxylic acids is 1. The maximum Gasteiger partial charge on any atom is 0.327 e. The summed E-state index contributed by atoms with van der Waals surface area (Å²) in [6, 6.07) is 8.28. The third-order valence-corrected chi connectivity index (χ3v) is 1.83. The summed E-state index contributed by atoms with van der Waals surface area (Å²) >= 11 is 0. The molecule has 0 fully saturated rings. The molecule has 0 bridgehead atoms. The molecule has 13 heavy (non-hydrogen) atoms. The number of para-hydroxylation sites is 1. The largest absolute Gasteiger partial charge is 0.480 e. The Balaban J connectivity index is 2.79. The van der Waals surface area contributed by atoms with E-state index in [2.05, 4.69) is 0 Å². The van der Waals surface area contributed by atoms with Crippen LogP contribution in [-0.2, 0) is 4.79 Å². The van der Waals surface area contributed by atoms with E-state index in [0.29, 0.717) is 5.69 Å². The van der Waals surface area contributed by atoms with E-state index in [4.69, 9.17) is 10.9 Å². The zero-order chi connectivity index (χ0) is 9.84. The quantitative estimate of drug-likeness (QED) is 0.534. The Kier molecular flexibility index (Phi) is 2.87. The molecule has 0 aromatic heterocycles.